The molecular weight excluding hydrogens is 282 g/mol. The largest absolute Gasteiger partial charge is 0.465 e. The third kappa shape index (κ3) is 3.72. The number of aromatic nitrogens is 2. The van der Waals surface area contributed by atoms with Crippen molar-refractivity contribution in [1.29, 1.82) is 0 Å². The van der Waals surface area contributed by atoms with Crippen LogP contribution in [0.2, 0.25) is 0 Å². The van der Waals surface area contributed by atoms with E-state index in [9.17, 15) is 9.59 Å². The average molecular weight is 301 g/mol. The summed E-state index contributed by atoms with van der Waals surface area (Å²) in [6.45, 7) is 5.02. The van der Waals surface area contributed by atoms with E-state index in [0.717, 1.165) is 11.4 Å². The molecule has 1 aromatic heterocycles. The summed E-state index contributed by atoms with van der Waals surface area (Å²) >= 11 is 0. The number of carbonyl (C=O) groups is 2. The molecule has 2 aromatic rings. The normalized spacial score (nSPS) is 10.3. The Morgan fingerprint density at radius 3 is 2.36 bits per heavy atom. The van der Waals surface area contributed by atoms with Gasteiger partial charge in [0.15, 0.2) is 0 Å². The molecule has 1 heterocycles. The van der Waals surface area contributed by atoms with Crippen LogP contribution in [-0.4, -0.2) is 35.3 Å². The van der Waals surface area contributed by atoms with E-state index in [1.54, 1.807) is 24.3 Å². The topological polar surface area (TPSA) is 73.2 Å². The molecule has 6 heteroatoms. The van der Waals surface area contributed by atoms with Crippen molar-refractivity contribution in [3.8, 4) is 0 Å². The molecule has 0 fully saturated rings. The van der Waals surface area contributed by atoms with E-state index in [4.69, 9.17) is 0 Å². The Balaban J connectivity index is 1.89. The van der Waals surface area contributed by atoms with Crippen LogP contribution in [0.4, 0.5) is 0 Å². The minimum Gasteiger partial charge on any atom is -0.465 e. The Bertz CT molecular complexity index is 674. The molecule has 0 atom stereocenters. The number of nitrogens with zero attached hydrogens (tertiary/aromatic N) is 2. The number of esters is 1. The molecule has 0 saturated heterocycles. The highest BCUT2D eigenvalue weighted by atomic mass is 16.5. The molecule has 6 nitrogen and oxygen atoms in total. The van der Waals surface area contributed by atoms with Gasteiger partial charge in [0.2, 0.25) is 0 Å². The fourth-order valence-corrected chi connectivity index (χ4v) is 2.15. The van der Waals surface area contributed by atoms with Crippen LogP contribution in [0.25, 0.3) is 0 Å². The summed E-state index contributed by atoms with van der Waals surface area (Å²) in [5.41, 5.74) is 2.94. The van der Waals surface area contributed by atoms with Crippen molar-refractivity contribution in [2.45, 2.75) is 20.4 Å². The van der Waals surface area contributed by atoms with Gasteiger partial charge in [-0.05, 0) is 44.2 Å². The minimum atomic E-state index is -0.420. The second-order valence-electron chi connectivity index (χ2n) is 4.98. The number of hydrogen-bond donors (Lipinski definition) is 1. The maximum Gasteiger partial charge on any atom is 0.337 e. The number of nitrogens with one attached hydrogen (secondary N) is 1. The molecule has 116 valence electrons. The zero-order chi connectivity index (χ0) is 16.1. The lowest BCUT2D eigenvalue weighted by atomic mass is 10.1. The van der Waals surface area contributed by atoms with E-state index in [2.05, 4.69) is 15.2 Å². The Morgan fingerprint density at radius 2 is 1.82 bits per heavy atom. The lowest BCUT2D eigenvalue weighted by Gasteiger charge is -2.07. The zero-order valence-corrected chi connectivity index (χ0v) is 12.9. The highest BCUT2D eigenvalue weighted by molar-refractivity contribution is 5.96. The van der Waals surface area contributed by atoms with Gasteiger partial charge in [-0.25, -0.2) is 4.79 Å². The van der Waals surface area contributed by atoms with Gasteiger partial charge < -0.3 is 10.1 Å². The summed E-state index contributed by atoms with van der Waals surface area (Å²) in [4.78, 5) is 23.3. The van der Waals surface area contributed by atoms with Crippen molar-refractivity contribution in [2.75, 3.05) is 13.7 Å². The smallest absolute Gasteiger partial charge is 0.337 e. The van der Waals surface area contributed by atoms with Crippen LogP contribution in [-0.2, 0) is 11.3 Å². The quantitative estimate of drug-likeness (QED) is 0.853. The second-order valence-corrected chi connectivity index (χ2v) is 4.98. The summed E-state index contributed by atoms with van der Waals surface area (Å²) < 4.78 is 6.47. The summed E-state index contributed by atoms with van der Waals surface area (Å²) in [6, 6.07) is 8.34. The molecule has 1 aromatic carbocycles. The summed E-state index contributed by atoms with van der Waals surface area (Å²) in [7, 11) is 1.32. The van der Waals surface area contributed by atoms with Gasteiger partial charge in [-0.15, -0.1) is 0 Å². The van der Waals surface area contributed by atoms with Crippen LogP contribution in [0.1, 0.15) is 32.1 Å². The number of amides is 1. The molecule has 0 spiro atoms. The number of rotatable bonds is 5. The zero-order valence-electron chi connectivity index (χ0n) is 12.9. The number of methoxy groups -OCH3 is 1. The Labute approximate surface area is 129 Å². The van der Waals surface area contributed by atoms with Crippen molar-refractivity contribution >= 4 is 11.9 Å². The summed E-state index contributed by atoms with van der Waals surface area (Å²) in [5, 5.41) is 7.16. The SMILES string of the molecule is COC(=O)c1ccc(C(=O)NCCn2nc(C)cc2C)cc1. The molecule has 0 radical (unpaired) electrons. The first-order chi connectivity index (χ1) is 10.5. The molecule has 0 saturated carbocycles. The maximum atomic E-state index is 12.0. The monoisotopic (exact) mass is 301 g/mol. The van der Waals surface area contributed by atoms with Gasteiger partial charge in [-0.2, -0.15) is 5.10 Å². The maximum absolute atomic E-state index is 12.0. The minimum absolute atomic E-state index is 0.182. The van der Waals surface area contributed by atoms with Crippen molar-refractivity contribution in [3.63, 3.8) is 0 Å². The van der Waals surface area contributed by atoms with Crippen molar-refractivity contribution in [3.05, 3.63) is 52.8 Å². The van der Waals surface area contributed by atoms with Crippen molar-refractivity contribution in [1.82, 2.24) is 15.1 Å². The van der Waals surface area contributed by atoms with E-state index < -0.39 is 5.97 Å². The van der Waals surface area contributed by atoms with E-state index >= 15 is 0 Å². The number of aryl methyl sites for hydroxylation is 2. The molecule has 0 unspecified atom stereocenters. The highest BCUT2D eigenvalue weighted by Gasteiger charge is 2.09. The number of benzene rings is 1. The number of hydrogen-bond acceptors (Lipinski definition) is 4. The van der Waals surface area contributed by atoms with Gasteiger partial charge in [0.05, 0.1) is 24.9 Å². The van der Waals surface area contributed by atoms with Gasteiger partial charge in [-0.3, -0.25) is 9.48 Å². The third-order valence-electron chi connectivity index (χ3n) is 3.28. The Morgan fingerprint density at radius 1 is 1.18 bits per heavy atom. The number of carbonyl (C=O) groups excluding carboxylic acids is 2. The molecule has 1 N–H and O–H groups in total. The fraction of sp³-hybridized carbons (Fsp3) is 0.312. The Kier molecular flexibility index (Phi) is 4.93. The predicted molar refractivity (Wildman–Crippen MR) is 81.8 cm³/mol. The lowest BCUT2D eigenvalue weighted by molar-refractivity contribution is 0.0600. The average Bonchev–Trinajstić information content (AvgIpc) is 2.84. The lowest BCUT2D eigenvalue weighted by Crippen LogP contribution is -2.27. The van der Waals surface area contributed by atoms with Crippen LogP contribution < -0.4 is 5.32 Å². The van der Waals surface area contributed by atoms with E-state index in [1.165, 1.54) is 7.11 Å². The standard InChI is InChI=1S/C16H19N3O3/c1-11-10-12(2)19(18-11)9-8-17-15(20)13-4-6-14(7-5-13)16(21)22-3/h4-7,10H,8-9H2,1-3H3,(H,17,20). The highest BCUT2D eigenvalue weighted by Crippen LogP contribution is 2.06. The predicted octanol–water partition coefficient (Wildman–Crippen LogP) is 1.72. The number of ether oxygens (including phenoxy) is 1. The van der Waals surface area contributed by atoms with Crippen LogP contribution in [0.3, 0.4) is 0 Å². The van der Waals surface area contributed by atoms with Gasteiger partial charge in [0, 0.05) is 17.8 Å². The Hall–Kier alpha value is -2.63. The van der Waals surface area contributed by atoms with Crippen LogP contribution in [0.15, 0.2) is 30.3 Å². The summed E-state index contributed by atoms with van der Waals surface area (Å²) in [5.74, 6) is -0.602. The molecule has 1 amide bonds. The van der Waals surface area contributed by atoms with E-state index in [1.807, 2.05) is 24.6 Å². The molecule has 0 aliphatic heterocycles. The molecule has 2 rings (SSSR count). The first-order valence-electron chi connectivity index (χ1n) is 6.99. The van der Waals surface area contributed by atoms with Gasteiger partial charge in [0.25, 0.3) is 5.91 Å². The first-order valence-corrected chi connectivity index (χ1v) is 6.99. The molecule has 0 bridgehead atoms. The van der Waals surface area contributed by atoms with E-state index in [-0.39, 0.29) is 5.91 Å². The third-order valence-corrected chi connectivity index (χ3v) is 3.28. The molecular formula is C16H19N3O3. The summed E-state index contributed by atoms with van der Waals surface area (Å²) in [6.07, 6.45) is 0. The van der Waals surface area contributed by atoms with Crippen LogP contribution >= 0.6 is 0 Å². The van der Waals surface area contributed by atoms with Crippen LogP contribution in [0.5, 0.6) is 0 Å². The molecule has 0 aliphatic carbocycles. The molecule has 0 aliphatic rings. The van der Waals surface area contributed by atoms with Gasteiger partial charge in [-0.1, -0.05) is 0 Å². The van der Waals surface area contributed by atoms with Crippen molar-refractivity contribution in [2.24, 2.45) is 0 Å². The fourth-order valence-electron chi connectivity index (χ4n) is 2.15. The second kappa shape index (κ2) is 6.89. The molecule has 22 heavy (non-hydrogen) atoms. The van der Waals surface area contributed by atoms with Crippen molar-refractivity contribution < 1.29 is 14.3 Å². The first kappa shape index (κ1) is 15.8. The van der Waals surface area contributed by atoms with Crippen LogP contribution in [0, 0.1) is 13.8 Å². The van der Waals surface area contributed by atoms with Gasteiger partial charge in [0.1, 0.15) is 0 Å². The van der Waals surface area contributed by atoms with E-state index in [0.29, 0.717) is 24.2 Å². The van der Waals surface area contributed by atoms with Gasteiger partial charge >= 0.3 is 5.97 Å².